The Balaban J connectivity index is 1.91. The number of hydrogen-bond donors (Lipinski definition) is 2. The number of aromatic nitrogens is 3. The molecule has 6 heteroatoms. The predicted molar refractivity (Wildman–Crippen MR) is 99.5 cm³/mol. The molecule has 2 aromatic rings. The third-order valence-electron chi connectivity index (χ3n) is 3.78. The maximum atomic E-state index is 12.0. The molecule has 1 amide bonds. The van der Waals surface area contributed by atoms with E-state index >= 15 is 0 Å². The van der Waals surface area contributed by atoms with Gasteiger partial charge in [0.25, 0.3) is 0 Å². The maximum Gasteiger partial charge on any atom is 0.244 e. The molecule has 0 unspecified atom stereocenters. The fourth-order valence-electron chi connectivity index (χ4n) is 2.51. The molecule has 0 saturated carbocycles. The number of amides is 1. The molecule has 0 fully saturated rings. The van der Waals surface area contributed by atoms with E-state index in [-0.39, 0.29) is 11.8 Å². The summed E-state index contributed by atoms with van der Waals surface area (Å²) in [6, 6.07) is 6.17. The molecule has 0 saturated heterocycles. The minimum absolute atomic E-state index is 0.115. The molecular formula is C18H24N4OS. The zero-order valence-electron chi connectivity index (χ0n) is 14.6. The van der Waals surface area contributed by atoms with Gasteiger partial charge < -0.3 is 9.88 Å². The molecule has 2 rings (SSSR count). The van der Waals surface area contributed by atoms with E-state index in [4.69, 9.17) is 12.2 Å². The number of H-pyrrole nitrogens is 1. The van der Waals surface area contributed by atoms with Crippen molar-refractivity contribution in [3.05, 3.63) is 51.6 Å². The molecule has 0 bridgehead atoms. The van der Waals surface area contributed by atoms with Crippen molar-refractivity contribution in [2.24, 2.45) is 0 Å². The van der Waals surface area contributed by atoms with Crippen molar-refractivity contribution in [3.63, 3.8) is 0 Å². The van der Waals surface area contributed by atoms with Gasteiger partial charge in [-0.15, -0.1) is 0 Å². The Morgan fingerprint density at radius 2 is 2.17 bits per heavy atom. The molecule has 2 N–H and O–H groups in total. The number of benzene rings is 1. The molecule has 0 spiro atoms. The van der Waals surface area contributed by atoms with E-state index in [2.05, 4.69) is 42.4 Å². The van der Waals surface area contributed by atoms with Gasteiger partial charge in [-0.1, -0.05) is 37.6 Å². The lowest BCUT2D eigenvalue weighted by atomic mass is 10.1. The van der Waals surface area contributed by atoms with Crippen molar-refractivity contribution in [2.75, 3.05) is 6.54 Å². The second-order valence-corrected chi connectivity index (χ2v) is 6.56. The minimum atomic E-state index is -0.115. The van der Waals surface area contributed by atoms with E-state index < -0.39 is 0 Å². The first-order chi connectivity index (χ1) is 11.4. The van der Waals surface area contributed by atoms with E-state index in [1.165, 1.54) is 5.56 Å². The number of rotatable bonds is 6. The van der Waals surface area contributed by atoms with E-state index in [9.17, 15) is 4.79 Å². The van der Waals surface area contributed by atoms with Gasteiger partial charge in [0.1, 0.15) is 5.82 Å². The van der Waals surface area contributed by atoms with Crippen LogP contribution in [0.2, 0.25) is 0 Å². The van der Waals surface area contributed by atoms with Crippen LogP contribution in [0, 0.1) is 18.6 Å². The van der Waals surface area contributed by atoms with Crippen LogP contribution < -0.4 is 5.32 Å². The normalized spacial score (nSPS) is 11.4. The monoisotopic (exact) mass is 344 g/mol. The highest BCUT2D eigenvalue weighted by atomic mass is 32.1. The van der Waals surface area contributed by atoms with Crippen LogP contribution in [0.15, 0.2) is 24.3 Å². The predicted octanol–water partition coefficient (Wildman–Crippen LogP) is 3.51. The van der Waals surface area contributed by atoms with Crippen molar-refractivity contribution in [3.8, 4) is 0 Å². The van der Waals surface area contributed by atoms with Crippen LogP contribution in [-0.4, -0.2) is 27.2 Å². The summed E-state index contributed by atoms with van der Waals surface area (Å²) in [7, 11) is 0. The zero-order chi connectivity index (χ0) is 17.7. The van der Waals surface area contributed by atoms with Crippen molar-refractivity contribution >= 4 is 24.2 Å². The average molecular weight is 344 g/mol. The van der Waals surface area contributed by atoms with E-state index in [1.54, 1.807) is 6.08 Å². The summed E-state index contributed by atoms with van der Waals surface area (Å²) in [6.07, 6.45) is 3.41. The maximum absolute atomic E-state index is 12.0. The molecule has 128 valence electrons. The van der Waals surface area contributed by atoms with E-state index in [0.717, 1.165) is 17.0 Å². The summed E-state index contributed by atoms with van der Waals surface area (Å²) in [6.45, 7) is 9.33. The lowest BCUT2D eigenvalue weighted by Crippen LogP contribution is -2.26. The lowest BCUT2D eigenvalue weighted by Gasteiger charge is -2.09. The first kappa shape index (κ1) is 18.1. The number of nitrogens with one attached hydrogen (secondary N) is 2. The summed E-state index contributed by atoms with van der Waals surface area (Å²) < 4.78 is 2.51. The Morgan fingerprint density at radius 1 is 1.42 bits per heavy atom. The molecule has 0 radical (unpaired) electrons. The van der Waals surface area contributed by atoms with Gasteiger partial charge in [0.05, 0.1) is 0 Å². The highest BCUT2D eigenvalue weighted by Crippen LogP contribution is 2.12. The number of nitrogens with zero attached hydrogens (tertiary/aromatic N) is 2. The van der Waals surface area contributed by atoms with Gasteiger partial charge in [-0.05, 0) is 43.3 Å². The van der Waals surface area contributed by atoms with Gasteiger partial charge in [-0.2, -0.15) is 5.10 Å². The minimum Gasteiger partial charge on any atom is -0.351 e. The van der Waals surface area contributed by atoms with Crippen molar-refractivity contribution < 1.29 is 4.79 Å². The van der Waals surface area contributed by atoms with Gasteiger partial charge in [0.15, 0.2) is 4.77 Å². The number of hydrogen-bond acceptors (Lipinski definition) is 3. The van der Waals surface area contributed by atoms with Gasteiger partial charge >= 0.3 is 0 Å². The first-order valence-corrected chi connectivity index (χ1v) is 8.47. The summed E-state index contributed by atoms with van der Waals surface area (Å²) in [5.74, 6) is 1.06. The number of carbonyl (C=O) groups is 1. The third kappa shape index (κ3) is 4.64. The molecular weight excluding hydrogens is 320 g/mol. The van der Waals surface area contributed by atoms with Crippen LogP contribution in [0.1, 0.15) is 42.3 Å². The Kier molecular flexibility index (Phi) is 6.09. The largest absolute Gasteiger partial charge is 0.351 e. The van der Waals surface area contributed by atoms with Crippen LogP contribution in [0.5, 0.6) is 0 Å². The summed E-state index contributed by atoms with van der Waals surface area (Å²) in [4.78, 5) is 12.0. The fourth-order valence-corrected chi connectivity index (χ4v) is 2.75. The number of aromatic amines is 1. The smallest absolute Gasteiger partial charge is 0.244 e. The lowest BCUT2D eigenvalue weighted by molar-refractivity contribution is -0.116. The van der Waals surface area contributed by atoms with Crippen LogP contribution in [-0.2, 0) is 11.3 Å². The van der Waals surface area contributed by atoms with Gasteiger partial charge in [0.2, 0.25) is 5.91 Å². The topological polar surface area (TPSA) is 62.7 Å². The molecule has 5 nitrogen and oxygen atoms in total. The summed E-state index contributed by atoms with van der Waals surface area (Å²) in [5.41, 5.74) is 3.42. The molecule has 0 aliphatic heterocycles. The Morgan fingerprint density at radius 3 is 2.83 bits per heavy atom. The van der Waals surface area contributed by atoms with Crippen molar-refractivity contribution in [1.82, 2.24) is 20.1 Å². The van der Waals surface area contributed by atoms with E-state index in [0.29, 0.717) is 17.9 Å². The van der Waals surface area contributed by atoms with Gasteiger partial charge in [0, 0.05) is 25.1 Å². The Bertz CT molecular complexity index is 802. The number of aryl methyl sites for hydroxylation is 2. The second kappa shape index (κ2) is 8.06. The SMILES string of the molecule is Cc1ccc(/C=C/C(=O)NCCn2c(C(C)C)n[nH]c2=S)c(C)c1. The Labute approximate surface area is 147 Å². The highest BCUT2D eigenvalue weighted by Gasteiger charge is 2.09. The quantitative estimate of drug-likeness (QED) is 0.623. The molecule has 0 atom stereocenters. The van der Waals surface area contributed by atoms with Crippen LogP contribution in [0.3, 0.4) is 0 Å². The van der Waals surface area contributed by atoms with Gasteiger partial charge in [-0.25, -0.2) is 0 Å². The Hall–Kier alpha value is -2.21. The zero-order valence-corrected chi connectivity index (χ0v) is 15.4. The number of carbonyl (C=O) groups excluding carboxylic acids is 1. The molecule has 1 aromatic carbocycles. The van der Waals surface area contributed by atoms with Crippen molar-refractivity contribution in [2.45, 2.75) is 40.2 Å². The van der Waals surface area contributed by atoms with Gasteiger partial charge in [-0.3, -0.25) is 9.89 Å². The first-order valence-electron chi connectivity index (χ1n) is 8.06. The molecule has 24 heavy (non-hydrogen) atoms. The van der Waals surface area contributed by atoms with Crippen LogP contribution in [0.4, 0.5) is 0 Å². The average Bonchev–Trinajstić information content (AvgIpc) is 2.88. The summed E-state index contributed by atoms with van der Waals surface area (Å²) in [5, 5.41) is 9.91. The van der Waals surface area contributed by atoms with Crippen LogP contribution in [0.25, 0.3) is 6.08 Å². The summed E-state index contributed by atoms with van der Waals surface area (Å²) >= 11 is 5.23. The molecule has 1 aromatic heterocycles. The van der Waals surface area contributed by atoms with Crippen LogP contribution >= 0.6 is 12.2 Å². The van der Waals surface area contributed by atoms with E-state index in [1.807, 2.05) is 29.7 Å². The molecule has 0 aliphatic carbocycles. The highest BCUT2D eigenvalue weighted by molar-refractivity contribution is 7.71. The standard InChI is InChI=1S/C18H24N4OS/c1-12(2)17-20-21-18(24)22(17)10-9-19-16(23)8-7-15-6-5-13(3)11-14(15)4/h5-8,11-12H,9-10H2,1-4H3,(H,19,23)(H,21,24)/b8-7+. The molecule has 1 heterocycles. The second-order valence-electron chi connectivity index (χ2n) is 6.18. The molecule has 0 aliphatic rings. The van der Waals surface area contributed by atoms with Crippen molar-refractivity contribution in [1.29, 1.82) is 0 Å². The third-order valence-corrected chi connectivity index (χ3v) is 4.09. The fraction of sp³-hybridized carbons (Fsp3) is 0.389.